The van der Waals surface area contributed by atoms with E-state index in [0.29, 0.717) is 32.8 Å². The topological polar surface area (TPSA) is 59.1 Å². The highest BCUT2D eigenvalue weighted by molar-refractivity contribution is 5.82. The maximum absolute atomic E-state index is 12.6. The van der Waals surface area contributed by atoms with E-state index in [9.17, 15) is 9.59 Å². The fraction of sp³-hybridized carbons (Fsp3) is 0.417. The minimum atomic E-state index is -0.295. The van der Waals surface area contributed by atoms with Crippen LogP contribution in [0.4, 0.5) is 0 Å². The Morgan fingerprint density at radius 1 is 0.933 bits per heavy atom. The summed E-state index contributed by atoms with van der Waals surface area (Å²) < 4.78 is 11.4. The smallest absolute Gasteiger partial charge is 0.260 e. The van der Waals surface area contributed by atoms with Gasteiger partial charge in [-0.1, -0.05) is 48.5 Å². The zero-order valence-electron chi connectivity index (χ0n) is 17.2. The molecule has 1 atom stereocenters. The zero-order chi connectivity index (χ0) is 20.8. The first kappa shape index (κ1) is 20.4. The van der Waals surface area contributed by atoms with E-state index in [1.807, 2.05) is 47.4 Å². The van der Waals surface area contributed by atoms with Crippen LogP contribution in [0.25, 0.3) is 0 Å². The maximum Gasteiger partial charge on any atom is 0.260 e. The molecule has 4 rings (SSSR count). The molecule has 6 heteroatoms. The molecule has 0 N–H and O–H groups in total. The van der Waals surface area contributed by atoms with Gasteiger partial charge in [-0.3, -0.25) is 9.59 Å². The molecule has 0 bridgehead atoms. The molecule has 2 aliphatic heterocycles. The minimum absolute atomic E-state index is 0.00544. The second kappa shape index (κ2) is 9.76. The van der Waals surface area contributed by atoms with Gasteiger partial charge in [-0.05, 0) is 30.0 Å². The van der Waals surface area contributed by atoms with Gasteiger partial charge in [0.25, 0.3) is 11.8 Å². The van der Waals surface area contributed by atoms with Crippen molar-refractivity contribution in [3.8, 4) is 5.75 Å². The lowest BCUT2D eigenvalue weighted by molar-refractivity contribution is -0.146. The van der Waals surface area contributed by atoms with Gasteiger partial charge in [0, 0.05) is 39.2 Å². The summed E-state index contributed by atoms with van der Waals surface area (Å²) in [5.41, 5.74) is 2.26. The van der Waals surface area contributed by atoms with Crippen LogP contribution in [0.5, 0.6) is 5.75 Å². The van der Waals surface area contributed by atoms with Gasteiger partial charge >= 0.3 is 0 Å². The van der Waals surface area contributed by atoms with Crippen molar-refractivity contribution >= 4 is 11.8 Å². The summed E-state index contributed by atoms with van der Waals surface area (Å²) in [4.78, 5) is 28.7. The third-order valence-corrected chi connectivity index (χ3v) is 5.71. The van der Waals surface area contributed by atoms with Crippen LogP contribution in [0.1, 0.15) is 24.0 Å². The average Bonchev–Trinajstić information content (AvgIpc) is 3.34. The largest absolute Gasteiger partial charge is 0.483 e. The Morgan fingerprint density at radius 3 is 2.37 bits per heavy atom. The molecule has 2 fully saturated rings. The maximum atomic E-state index is 12.6. The van der Waals surface area contributed by atoms with Gasteiger partial charge in [-0.15, -0.1) is 0 Å². The summed E-state index contributed by atoms with van der Waals surface area (Å²) in [5, 5.41) is 0. The number of ether oxygens (including phenoxy) is 2. The molecule has 0 aromatic heterocycles. The average molecular weight is 408 g/mol. The van der Waals surface area contributed by atoms with Gasteiger partial charge in [0.05, 0.1) is 0 Å². The molecule has 2 aliphatic rings. The number of hydrogen-bond acceptors (Lipinski definition) is 4. The van der Waals surface area contributed by atoms with Gasteiger partial charge in [0.15, 0.2) is 6.61 Å². The van der Waals surface area contributed by atoms with Crippen LogP contribution < -0.4 is 4.74 Å². The minimum Gasteiger partial charge on any atom is -0.483 e. The Bertz CT molecular complexity index is 857. The van der Waals surface area contributed by atoms with Crippen LogP contribution in [0, 0.1) is 0 Å². The number of amides is 2. The number of nitrogens with zero attached hydrogens (tertiary/aromatic N) is 2. The molecule has 2 saturated heterocycles. The summed E-state index contributed by atoms with van der Waals surface area (Å²) in [6.45, 7) is 2.84. The molecule has 2 aromatic rings. The van der Waals surface area contributed by atoms with Gasteiger partial charge in [-0.2, -0.15) is 0 Å². The lowest BCUT2D eigenvalue weighted by atomic mass is 10.0. The molecule has 0 spiro atoms. The van der Waals surface area contributed by atoms with Crippen LogP contribution in [0.15, 0.2) is 54.6 Å². The highest BCUT2D eigenvalue weighted by Crippen LogP contribution is 2.22. The van der Waals surface area contributed by atoms with Crippen LogP contribution in [0.2, 0.25) is 0 Å². The van der Waals surface area contributed by atoms with Crippen molar-refractivity contribution < 1.29 is 19.1 Å². The molecule has 0 saturated carbocycles. The Hall–Kier alpha value is -2.86. The predicted octanol–water partition coefficient (Wildman–Crippen LogP) is 2.51. The molecule has 0 radical (unpaired) electrons. The molecule has 1 unspecified atom stereocenters. The van der Waals surface area contributed by atoms with Crippen LogP contribution in [0.3, 0.4) is 0 Å². The fourth-order valence-electron chi connectivity index (χ4n) is 3.99. The van der Waals surface area contributed by atoms with E-state index in [2.05, 4.69) is 12.1 Å². The number of hydrogen-bond donors (Lipinski definition) is 0. The van der Waals surface area contributed by atoms with Crippen molar-refractivity contribution in [2.75, 3.05) is 39.4 Å². The Kier molecular flexibility index (Phi) is 6.64. The van der Waals surface area contributed by atoms with E-state index in [1.165, 1.54) is 5.56 Å². The Balaban J connectivity index is 1.28. The molecule has 0 aliphatic carbocycles. The summed E-state index contributed by atoms with van der Waals surface area (Å²) in [6.07, 6.45) is 2.21. The van der Waals surface area contributed by atoms with Crippen molar-refractivity contribution in [3.63, 3.8) is 0 Å². The van der Waals surface area contributed by atoms with E-state index in [0.717, 1.165) is 30.6 Å². The quantitative estimate of drug-likeness (QED) is 0.737. The lowest BCUT2D eigenvalue weighted by Crippen LogP contribution is -2.53. The van der Waals surface area contributed by atoms with E-state index in [4.69, 9.17) is 9.47 Å². The molecule has 158 valence electrons. The predicted molar refractivity (Wildman–Crippen MR) is 113 cm³/mol. The van der Waals surface area contributed by atoms with E-state index < -0.39 is 0 Å². The van der Waals surface area contributed by atoms with Gasteiger partial charge in [0.1, 0.15) is 11.9 Å². The molecular formula is C24H28N2O4. The van der Waals surface area contributed by atoms with Crippen molar-refractivity contribution in [3.05, 3.63) is 65.7 Å². The number of rotatable bonds is 6. The highest BCUT2D eigenvalue weighted by atomic mass is 16.5. The number of benzene rings is 2. The van der Waals surface area contributed by atoms with Gasteiger partial charge in [-0.25, -0.2) is 0 Å². The van der Waals surface area contributed by atoms with Crippen LogP contribution in [-0.4, -0.2) is 67.1 Å². The second-order valence-corrected chi connectivity index (χ2v) is 7.77. The number of piperazine rings is 1. The Morgan fingerprint density at radius 2 is 1.63 bits per heavy atom. The monoisotopic (exact) mass is 408 g/mol. The van der Waals surface area contributed by atoms with Crippen LogP contribution >= 0.6 is 0 Å². The highest BCUT2D eigenvalue weighted by Gasteiger charge is 2.31. The summed E-state index contributed by atoms with van der Waals surface area (Å²) in [6, 6.07) is 18.0. The van der Waals surface area contributed by atoms with Crippen molar-refractivity contribution in [1.82, 2.24) is 9.80 Å². The number of carbonyl (C=O) groups excluding carboxylic acids is 2. The molecule has 30 heavy (non-hydrogen) atoms. The summed E-state index contributed by atoms with van der Waals surface area (Å²) in [5.74, 6) is 0.751. The van der Waals surface area contributed by atoms with Crippen molar-refractivity contribution in [2.24, 2.45) is 0 Å². The summed E-state index contributed by atoms with van der Waals surface area (Å²) >= 11 is 0. The molecular weight excluding hydrogens is 380 g/mol. The van der Waals surface area contributed by atoms with E-state index >= 15 is 0 Å². The molecule has 2 heterocycles. The fourth-order valence-corrected chi connectivity index (χ4v) is 3.99. The Labute approximate surface area is 177 Å². The van der Waals surface area contributed by atoms with Gasteiger partial charge < -0.3 is 19.3 Å². The number of carbonyl (C=O) groups is 2. The second-order valence-electron chi connectivity index (χ2n) is 7.77. The molecule has 2 aromatic carbocycles. The summed E-state index contributed by atoms with van der Waals surface area (Å²) in [7, 11) is 0. The van der Waals surface area contributed by atoms with Crippen molar-refractivity contribution in [2.45, 2.75) is 25.4 Å². The first-order valence-electron chi connectivity index (χ1n) is 10.6. The third-order valence-electron chi connectivity index (χ3n) is 5.71. The zero-order valence-corrected chi connectivity index (χ0v) is 17.2. The van der Waals surface area contributed by atoms with E-state index in [-0.39, 0.29) is 24.5 Å². The normalized spacial score (nSPS) is 19.0. The van der Waals surface area contributed by atoms with Crippen LogP contribution in [-0.2, 0) is 20.7 Å². The van der Waals surface area contributed by atoms with E-state index in [1.54, 1.807) is 4.90 Å². The third kappa shape index (κ3) is 5.00. The standard InChI is InChI=1S/C24H28N2O4/c27-23(25-12-14-26(15-13-25)24(28)22-11-6-16-29-22)18-30-21-10-5-4-9-20(21)17-19-7-2-1-3-8-19/h1-5,7-10,22H,6,11-18H2. The first-order chi connectivity index (χ1) is 14.7. The molecule has 2 amide bonds. The lowest BCUT2D eigenvalue weighted by Gasteiger charge is -2.35. The SMILES string of the molecule is O=C(COc1ccccc1Cc1ccccc1)N1CCN(C(=O)C2CCCO2)CC1. The molecule has 6 nitrogen and oxygen atoms in total. The number of para-hydroxylation sites is 1. The first-order valence-corrected chi connectivity index (χ1v) is 10.6. The van der Waals surface area contributed by atoms with Crippen molar-refractivity contribution in [1.29, 1.82) is 0 Å². The van der Waals surface area contributed by atoms with Gasteiger partial charge in [0.2, 0.25) is 0 Å².